The van der Waals surface area contributed by atoms with E-state index in [0.29, 0.717) is 24.6 Å². The Bertz CT molecular complexity index is 1150. The van der Waals surface area contributed by atoms with Crippen LogP contribution in [0.5, 0.6) is 0 Å². The molecule has 0 saturated carbocycles. The second kappa shape index (κ2) is 9.33. The lowest BCUT2D eigenvalue weighted by Gasteiger charge is -2.08. The topological polar surface area (TPSA) is 85.2 Å². The van der Waals surface area contributed by atoms with Crippen LogP contribution < -0.4 is 0 Å². The van der Waals surface area contributed by atoms with Gasteiger partial charge >= 0.3 is 5.92 Å². The monoisotopic (exact) mass is 437 g/mol. The normalized spacial score (nSPS) is 11.8. The first-order chi connectivity index (χ1) is 15.4. The fourth-order valence-corrected chi connectivity index (χ4v) is 3.48. The predicted molar refractivity (Wildman–Crippen MR) is 116 cm³/mol. The first-order valence-corrected chi connectivity index (χ1v) is 10.6. The van der Waals surface area contributed by atoms with Crippen LogP contribution in [0.4, 0.5) is 8.78 Å². The van der Waals surface area contributed by atoms with Gasteiger partial charge in [0.2, 0.25) is 11.6 Å². The number of rotatable bonds is 9. The van der Waals surface area contributed by atoms with Crippen LogP contribution in [0.1, 0.15) is 55.0 Å². The van der Waals surface area contributed by atoms with Gasteiger partial charge in [-0.25, -0.2) is 9.67 Å². The highest BCUT2D eigenvalue weighted by atomic mass is 19.3. The van der Waals surface area contributed by atoms with Crippen molar-refractivity contribution in [2.75, 3.05) is 0 Å². The number of aryl methyl sites for hydroxylation is 1. The molecule has 32 heavy (non-hydrogen) atoms. The van der Waals surface area contributed by atoms with Crippen LogP contribution in [0.2, 0.25) is 0 Å². The number of nitrogens with zero attached hydrogens (tertiary/aromatic N) is 6. The van der Waals surface area contributed by atoms with Crippen LogP contribution in [0, 0.1) is 0 Å². The highest BCUT2D eigenvalue weighted by molar-refractivity contribution is 5.55. The van der Waals surface area contributed by atoms with Crippen molar-refractivity contribution in [3.05, 3.63) is 76.9 Å². The van der Waals surface area contributed by atoms with Crippen molar-refractivity contribution in [1.29, 1.82) is 0 Å². The van der Waals surface area contributed by atoms with Crippen LogP contribution in [-0.2, 0) is 25.3 Å². The van der Waals surface area contributed by atoms with Crippen molar-refractivity contribution in [2.45, 2.75) is 52.0 Å². The molecule has 0 amide bonds. The summed E-state index contributed by atoms with van der Waals surface area (Å²) < 4.78 is 29.1. The minimum atomic E-state index is -3.05. The molecule has 2 aromatic carbocycles. The highest BCUT2D eigenvalue weighted by Gasteiger charge is 2.31. The van der Waals surface area contributed by atoms with Gasteiger partial charge in [0.1, 0.15) is 5.82 Å². The lowest BCUT2D eigenvalue weighted by molar-refractivity contribution is 0.00756. The van der Waals surface area contributed by atoms with E-state index in [1.165, 1.54) is 0 Å². The van der Waals surface area contributed by atoms with Crippen LogP contribution >= 0.6 is 0 Å². The van der Waals surface area contributed by atoms with E-state index in [2.05, 4.69) is 43.7 Å². The van der Waals surface area contributed by atoms with Gasteiger partial charge < -0.3 is 0 Å². The van der Waals surface area contributed by atoms with Gasteiger partial charge in [0.25, 0.3) is 0 Å². The molecule has 1 N–H and O–H groups in total. The zero-order chi connectivity index (χ0) is 22.6. The molecule has 0 aliphatic heterocycles. The summed E-state index contributed by atoms with van der Waals surface area (Å²) in [4.78, 5) is 4.10. The van der Waals surface area contributed by atoms with Crippen molar-refractivity contribution >= 4 is 0 Å². The third-order valence-electron chi connectivity index (χ3n) is 5.19. The molecule has 0 aliphatic rings. The van der Waals surface area contributed by atoms with Crippen molar-refractivity contribution in [1.82, 2.24) is 35.4 Å². The van der Waals surface area contributed by atoms with E-state index >= 15 is 0 Å². The molecule has 0 radical (unpaired) electrons. The molecule has 9 heteroatoms. The zero-order valence-corrected chi connectivity index (χ0v) is 18.1. The number of aromatic amines is 1. The van der Waals surface area contributed by atoms with Crippen molar-refractivity contribution in [2.24, 2.45) is 0 Å². The molecule has 4 rings (SSSR count). The van der Waals surface area contributed by atoms with E-state index in [0.717, 1.165) is 48.4 Å². The molecule has 0 spiro atoms. The number of H-pyrrole nitrogens is 1. The lowest BCUT2D eigenvalue weighted by Crippen LogP contribution is -2.11. The van der Waals surface area contributed by atoms with E-state index in [9.17, 15) is 8.78 Å². The van der Waals surface area contributed by atoms with E-state index in [1.54, 1.807) is 4.68 Å². The number of benzene rings is 2. The number of unbranched alkanes of at least 4 members (excludes halogenated alkanes) is 1. The molecule has 2 aromatic heterocycles. The fraction of sp³-hybridized carbons (Fsp3) is 0.348. The summed E-state index contributed by atoms with van der Waals surface area (Å²) in [5.41, 5.74) is 4.17. The number of halogens is 2. The minimum Gasteiger partial charge on any atom is -0.245 e. The Kier molecular flexibility index (Phi) is 6.34. The first kappa shape index (κ1) is 21.7. The summed E-state index contributed by atoms with van der Waals surface area (Å²) in [5, 5.41) is 18.2. The van der Waals surface area contributed by atoms with E-state index in [-0.39, 0.29) is 0 Å². The molecule has 0 aliphatic carbocycles. The predicted octanol–water partition coefficient (Wildman–Crippen LogP) is 4.55. The molecule has 0 fully saturated rings. The maximum absolute atomic E-state index is 13.7. The van der Waals surface area contributed by atoms with Crippen LogP contribution in [0.15, 0.2) is 48.5 Å². The standard InChI is InChI=1S/C23H25F2N7/c1-3-4-8-20-26-22(23(2,24)25)29-32(20)15-17-11-9-16(10-12-17)13-18-6-5-7-19(14-18)21-27-30-31-28-21/h5-7,9-12,14H,3-4,8,13,15H2,1-2H3,(H,27,28,30,31). The van der Waals surface area contributed by atoms with E-state index in [4.69, 9.17) is 0 Å². The smallest absolute Gasteiger partial charge is 0.245 e. The van der Waals surface area contributed by atoms with Crippen LogP contribution in [0.25, 0.3) is 11.4 Å². The van der Waals surface area contributed by atoms with Gasteiger partial charge in [-0.15, -0.1) is 15.3 Å². The highest BCUT2D eigenvalue weighted by Crippen LogP contribution is 2.25. The second-order valence-corrected chi connectivity index (χ2v) is 7.93. The third kappa shape index (κ3) is 5.22. The van der Waals surface area contributed by atoms with E-state index < -0.39 is 11.7 Å². The summed E-state index contributed by atoms with van der Waals surface area (Å²) in [5.74, 6) is -2.30. The Balaban J connectivity index is 1.48. The summed E-state index contributed by atoms with van der Waals surface area (Å²) in [6.45, 7) is 3.31. The Hall–Kier alpha value is -3.49. The summed E-state index contributed by atoms with van der Waals surface area (Å²) in [6.07, 6.45) is 3.24. The molecule has 2 heterocycles. The summed E-state index contributed by atoms with van der Waals surface area (Å²) in [7, 11) is 0. The molecule has 166 valence electrons. The summed E-state index contributed by atoms with van der Waals surface area (Å²) >= 11 is 0. The number of tetrazole rings is 1. The Morgan fingerprint density at radius 2 is 1.81 bits per heavy atom. The number of hydrogen-bond donors (Lipinski definition) is 1. The average Bonchev–Trinajstić information content (AvgIpc) is 3.44. The number of aromatic nitrogens is 7. The molecule has 0 atom stereocenters. The Morgan fingerprint density at radius 3 is 2.50 bits per heavy atom. The maximum atomic E-state index is 13.7. The van der Waals surface area contributed by atoms with Gasteiger partial charge in [-0.3, -0.25) is 0 Å². The number of hydrogen-bond acceptors (Lipinski definition) is 5. The molecule has 4 aromatic rings. The van der Waals surface area contributed by atoms with Gasteiger partial charge in [0, 0.05) is 18.9 Å². The fourth-order valence-electron chi connectivity index (χ4n) is 3.48. The third-order valence-corrected chi connectivity index (χ3v) is 5.19. The minimum absolute atomic E-state index is 0.412. The van der Waals surface area contributed by atoms with Gasteiger partial charge in [-0.2, -0.15) is 14.0 Å². The maximum Gasteiger partial charge on any atom is 0.305 e. The molecule has 0 bridgehead atoms. The molecular formula is C23H25F2N7. The quantitative estimate of drug-likeness (QED) is 0.415. The first-order valence-electron chi connectivity index (χ1n) is 10.6. The average molecular weight is 437 g/mol. The number of alkyl halides is 2. The molecule has 0 unspecified atom stereocenters. The molecule has 7 nitrogen and oxygen atoms in total. The van der Waals surface area contributed by atoms with Gasteiger partial charge in [-0.05, 0) is 40.8 Å². The largest absolute Gasteiger partial charge is 0.305 e. The van der Waals surface area contributed by atoms with Crippen molar-refractivity contribution in [3.8, 4) is 11.4 Å². The van der Waals surface area contributed by atoms with E-state index in [1.807, 2.05) is 42.5 Å². The number of nitrogens with one attached hydrogen (secondary N) is 1. The summed E-state index contributed by atoms with van der Waals surface area (Å²) in [6, 6.07) is 16.1. The van der Waals surface area contributed by atoms with Gasteiger partial charge in [0.05, 0.1) is 6.54 Å². The lowest BCUT2D eigenvalue weighted by atomic mass is 10.0. The second-order valence-electron chi connectivity index (χ2n) is 7.93. The van der Waals surface area contributed by atoms with Crippen molar-refractivity contribution < 1.29 is 8.78 Å². The Morgan fingerprint density at radius 1 is 1.03 bits per heavy atom. The SMILES string of the molecule is CCCCc1nc(C(C)(F)F)nn1Cc1ccc(Cc2cccc(-c3nn[nH]n3)c2)cc1. The van der Waals surface area contributed by atoms with Gasteiger partial charge in [-0.1, -0.05) is 55.8 Å². The van der Waals surface area contributed by atoms with Crippen LogP contribution in [-0.4, -0.2) is 35.4 Å². The molecule has 0 saturated heterocycles. The molecular weight excluding hydrogens is 412 g/mol. The van der Waals surface area contributed by atoms with Crippen molar-refractivity contribution in [3.63, 3.8) is 0 Å². The van der Waals surface area contributed by atoms with Gasteiger partial charge in [0.15, 0.2) is 0 Å². The zero-order valence-electron chi connectivity index (χ0n) is 18.1. The van der Waals surface area contributed by atoms with Crippen LogP contribution in [0.3, 0.4) is 0 Å². The Labute approximate surface area is 184 Å².